The van der Waals surface area contributed by atoms with Crippen molar-refractivity contribution in [3.05, 3.63) is 11.9 Å². The van der Waals surface area contributed by atoms with E-state index in [4.69, 9.17) is 11.5 Å². The van der Waals surface area contributed by atoms with Crippen LogP contribution in [0.2, 0.25) is 0 Å². The first kappa shape index (κ1) is 6.81. The molecule has 0 amide bonds. The number of hydrogen-bond acceptors (Lipinski definition) is 4. The van der Waals surface area contributed by atoms with Gasteiger partial charge in [-0.2, -0.15) is 0 Å². The smallest absolute Gasteiger partial charge is 0.334 e. The summed E-state index contributed by atoms with van der Waals surface area (Å²) in [5, 5.41) is 0. The molecule has 4 nitrogen and oxygen atoms in total. The lowest BCUT2D eigenvalue weighted by Gasteiger charge is -1.89. The first-order valence-corrected chi connectivity index (χ1v) is 1.97. The highest BCUT2D eigenvalue weighted by molar-refractivity contribution is 5.82. The van der Waals surface area contributed by atoms with Gasteiger partial charge in [0.1, 0.15) is 5.82 Å². The van der Waals surface area contributed by atoms with Crippen LogP contribution < -0.4 is 11.5 Å². The van der Waals surface area contributed by atoms with Crippen LogP contribution >= 0.6 is 0 Å². The molecule has 0 fully saturated rings. The normalized spacial score (nSPS) is 7.62. The number of carbonyl (C=O) groups is 1. The quantitative estimate of drug-likeness (QED) is 0.337. The van der Waals surface area contributed by atoms with E-state index in [2.05, 4.69) is 4.74 Å². The van der Waals surface area contributed by atoms with Gasteiger partial charge < -0.3 is 16.2 Å². The maximum absolute atomic E-state index is 10.2. The van der Waals surface area contributed by atoms with Gasteiger partial charge in [-0.15, -0.1) is 0 Å². The molecular formula is C4H8N2O2. The second kappa shape index (κ2) is 2.90. The Bertz CT molecular complexity index is 115. The predicted molar refractivity (Wildman–Crippen MR) is 28.5 cm³/mol. The molecule has 46 valence electrons. The zero-order chi connectivity index (χ0) is 6.57. The van der Waals surface area contributed by atoms with Gasteiger partial charge in [-0.3, -0.25) is 0 Å². The summed E-state index contributed by atoms with van der Waals surface area (Å²) >= 11 is 0. The van der Waals surface area contributed by atoms with Gasteiger partial charge in [-0.05, 0) is 0 Å². The monoisotopic (exact) mass is 116 g/mol. The van der Waals surface area contributed by atoms with Crippen LogP contribution in [0.15, 0.2) is 11.9 Å². The van der Waals surface area contributed by atoms with E-state index < -0.39 is 5.97 Å². The summed E-state index contributed by atoms with van der Waals surface area (Å²) in [5.41, 5.74) is 9.81. The van der Waals surface area contributed by atoms with E-state index in [1.807, 2.05) is 0 Å². The third kappa shape index (κ3) is 3.02. The molecule has 4 heteroatoms. The molecule has 0 saturated heterocycles. The fourth-order valence-corrected chi connectivity index (χ4v) is 0.195. The largest absolute Gasteiger partial charge is 0.466 e. The van der Waals surface area contributed by atoms with Gasteiger partial charge in [0.05, 0.1) is 13.2 Å². The summed E-state index contributed by atoms with van der Waals surface area (Å²) in [6.07, 6.45) is 1.00. The van der Waals surface area contributed by atoms with Crippen LogP contribution in [0.3, 0.4) is 0 Å². The van der Waals surface area contributed by atoms with E-state index in [9.17, 15) is 4.79 Å². The minimum absolute atomic E-state index is 0.0446. The van der Waals surface area contributed by atoms with Crippen LogP contribution in [0.25, 0.3) is 0 Å². The molecule has 0 aromatic rings. The second-order valence-corrected chi connectivity index (χ2v) is 1.17. The molecule has 0 saturated carbocycles. The standard InChI is InChI=1S/C4H8N2O2/c1-8-4(7)2-3(5)6/h2H,5-6H2,1H3. The van der Waals surface area contributed by atoms with E-state index in [1.54, 1.807) is 0 Å². The Labute approximate surface area is 47.1 Å². The van der Waals surface area contributed by atoms with Crippen LogP contribution in [0, 0.1) is 0 Å². The van der Waals surface area contributed by atoms with Gasteiger partial charge in [-0.25, -0.2) is 4.79 Å². The molecule has 0 heterocycles. The summed E-state index contributed by atoms with van der Waals surface area (Å²) in [6.45, 7) is 0. The zero-order valence-corrected chi connectivity index (χ0v) is 4.55. The van der Waals surface area contributed by atoms with Gasteiger partial charge in [-0.1, -0.05) is 0 Å². The number of esters is 1. The van der Waals surface area contributed by atoms with Crippen molar-refractivity contribution in [2.24, 2.45) is 11.5 Å². The lowest BCUT2D eigenvalue weighted by Crippen LogP contribution is -2.11. The summed E-state index contributed by atoms with van der Waals surface area (Å²) in [5.74, 6) is -0.582. The van der Waals surface area contributed by atoms with E-state index in [1.165, 1.54) is 7.11 Å². The van der Waals surface area contributed by atoms with E-state index in [-0.39, 0.29) is 5.82 Å². The van der Waals surface area contributed by atoms with Crippen LogP contribution in [-0.4, -0.2) is 13.1 Å². The molecule has 0 aromatic carbocycles. The number of ether oxygens (including phenoxy) is 1. The topological polar surface area (TPSA) is 78.3 Å². The minimum Gasteiger partial charge on any atom is -0.466 e. The number of nitrogens with two attached hydrogens (primary N) is 2. The van der Waals surface area contributed by atoms with Crippen molar-refractivity contribution in [1.29, 1.82) is 0 Å². The molecule has 4 N–H and O–H groups in total. The highest BCUT2D eigenvalue weighted by atomic mass is 16.5. The molecule has 0 aromatic heterocycles. The van der Waals surface area contributed by atoms with E-state index in [0.717, 1.165) is 6.08 Å². The number of rotatable bonds is 1. The molecule has 0 atom stereocenters. The number of hydrogen-bond donors (Lipinski definition) is 2. The van der Waals surface area contributed by atoms with Gasteiger partial charge in [0, 0.05) is 0 Å². The Hall–Kier alpha value is -1.19. The van der Waals surface area contributed by atoms with Gasteiger partial charge in [0.15, 0.2) is 0 Å². The molecule has 8 heavy (non-hydrogen) atoms. The second-order valence-electron chi connectivity index (χ2n) is 1.17. The zero-order valence-electron chi connectivity index (χ0n) is 4.55. The van der Waals surface area contributed by atoms with Crippen LogP contribution in [0.1, 0.15) is 0 Å². The lowest BCUT2D eigenvalue weighted by molar-refractivity contribution is -0.134. The van der Waals surface area contributed by atoms with Crippen molar-refractivity contribution in [2.75, 3.05) is 7.11 Å². The first-order valence-electron chi connectivity index (χ1n) is 1.97. The number of methoxy groups -OCH3 is 1. The molecule has 0 radical (unpaired) electrons. The maximum Gasteiger partial charge on any atom is 0.334 e. The third-order valence-electron chi connectivity index (χ3n) is 0.486. The molecule has 0 rings (SSSR count). The molecule has 0 aliphatic heterocycles. The Morgan fingerprint density at radius 3 is 2.25 bits per heavy atom. The molecule has 0 spiro atoms. The highest BCUT2D eigenvalue weighted by Crippen LogP contribution is 1.75. The molecule has 0 bridgehead atoms. The number of carbonyl (C=O) groups excluding carboxylic acids is 1. The van der Waals surface area contributed by atoms with Gasteiger partial charge in [0.25, 0.3) is 0 Å². The Balaban J connectivity index is 3.70. The molecular weight excluding hydrogens is 108 g/mol. The SMILES string of the molecule is COC(=O)C=C(N)N. The Morgan fingerprint density at radius 1 is 1.62 bits per heavy atom. The lowest BCUT2D eigenvalue weighted by atomic mass is 10.6. The summed E-state index contributed by atoms with van der Waals surface area (Å²) in [4.78, 5) is 10.2. The molecule has 0 unspecified atom stereocenters. The van der Waals surface area contributed by atoms with Crippen molar-refractivity contribution < 1.29 is 9.53 Å². The highest BCUT2D eigenvalue weighted by Gasteiger charge is 1.90. The Morgan fingerprint density at radius 2 is 2.12 bits per heavy atom. The fourth-order valence-electron chi connectivity index (χ4n) is 0.195. The average Bonchev–Trinajstić information content (AvgIpc) is 1.65. The van der Waals surface area contributed by atoms with Crippen molar-refractivity contribution in [3.8, 4) is 0 Å². The average molecular weight is 116 g/mol. The van der Waals surface area contributed by atoms with Crippen LogP contribution in [-0.2, 0) is 9.53 Å². The van der Waals surface area contributed by atoms with E-state index in [0.29, 0.717) is 0 Å². The van der Waals surface area contributed by atoms with Gasteiger partial charge >= 0.3 is 5.97 Å². The molecule has 0 aliphatic rings. The fraction of sp³-hybridized carbons (Fsp3) is 0.250. The first-order chi connectivity index (χ1) is 3.66. The summed E-state index contributed by atoms with van der Waals surface area (Å²) in [7, 11) is 1.25. The third-order valence-corrected chi connectivity index (χ3v) is 0.486. The maximum atomic E-state index is 10.2. The summed E-state index contributed by atoms with van der Waals surface area (Å²) < 4.78 is 4.19. The predicted octanol–water partition coefficient (Wildman–Crippen LogP) is -1.08. The molecule has 0 aliphatic carbocycles. The van der Waals surface area contributed by atoms with E-state index >= 15 is 0 Å². The van der Waals surface area contributed by atoms with Crippen molar-refractivity contribution in [3.63, 3.8) is 0 Å². The van der Waals surface area contributed by atoms with Crippen molar-refractivity contribution in [2.45, 2.75) is 0 Å². The van der Waals surface area contributed by atoms with Crippen molar-refractivity contribution in [1.82, 2.24) is 0 Å². The minimum atomic E-state index is -0.537. The Kier molecular flexibility index (Phi) is 2.47. The summed E-state index contributed by atoms with van der Waals surface area (Å²) in [6, 6.07) is 0. The van der Waals surface area contributed by atoms with Gasteiger partial charge in [0.2, 0.25) is 0 Å². The van der Waals surface area contributed by atoms with Crippen LogP contribution in [0.4, 0.5) is 0 Å². The van der Waals surface area contributed by atoms with Crippen molar-refractivity contribution >= 4 is 5.97 Å². The van der Waals surface area contributed by atoms with Crippen LogP contribution in [0.5, 0.6) is 0 Å².